The lowest BCUT2D eigenvalue weighted by atomic mass is 9.92. The van der Waals surface area contributed by atoms with Crippen LogP contribution in [0.3, 0.4) is 0 Å². The minimum Gasteiger partial charge on any atom is -0.324 e. The molecule has 2 nitrogen and oxygen atoms in total. The van der Waals surface area contributed by atoms with Gasteiger partial charge in [-0.05, 0) is 53.6 Å². The van der Waals surface area contributed by atoms with Gasteiger partial charge >= 0.3 is 0 Å². The van der Waals surface area contributed by atoms with Crippen molar-refractivity contribution in [2.45, 2.75) is 51.5 Å². The van der Waals surface area contributed by atoms with E-state index in [1.807, 2.05) is 6.92 Å². The van der Waals surface area contributed by atoms with Crippen LogP contribution in [0.1, 0.15) is 57.3 Å². The summed E-state index contributed by atoms with van der Waals surface area (Å²) in [5.74, 6) is 0.585. The maximum atomic E-state index is 14.0. The zero-order chi connectivity index (χ0) is 15.4. The van der Waals surface area contributed by atoms with E-state index in [2.05, 4.69) is 39.3 Å². The minimum absolute atomic E-state index is 0.192. The van der Waals surface area contributed by atoms with E-state index in [0.717, 1.165) is 29.7 Å². The van der Waals surface area contributed by atoms with Crippen molar-refractivity contribution in [2.75, 3.05) is 0 Å². The summed E-state index contributed by atoms with van der Waals surface area (Å²) in [6.45, 7) is 6.49. The molecule has 0 radical (unpaired) electrons. The number of benzene rings is 1. The Morgan fingerprint density at radius 1 is 1.48 bits per heavy atom. The second kappa shape index (κ2) is 5.24. The Morgan fingerprint density at radius 2 is 2.19 bits per heavy atom. The van der Waals surface area contributed by atoms with Crippen molar-refractivity contribution in [1.29, 1.82) is 0 Å². The van der Waals surface area contributed by atoms with E-state index in [9.17, 15) is 4.39 Å². The van der Waals surface area contributed by atoms with Gasteiger partial charge in [-0.3, -0.25) is 0 Å². The van der Waals surface area contributed by atoms with E-state index in [1.165, 1.54) is 6.42 Å². The van der Waals surface area contributed by atoms with Crippen LogP contribution in [-0.2, 0) is 0 Å². The molecule has 1 aliphatic carbocycles. The summed E-state index contributed by atoms with van der Waals surface area (Å²) in [5, 5.41) is -0.192. The Kier molecular flexibility index (Phi) is 3.81. The Morgan fingerprint density at radius 3 is 2.76 bits per heavy atom. The second-order valence-electron chi connectivity index (χ2n) is 6.77. The molecule has 0 spiro atoms. The highest BCUT2D eigenvalue weighted by molar-refractivity contribution is 9.10. The van der Waals surface area contributed by atoms with Gasteiger partial charge in [0.1, 0.15) is 11.6 Å². The number of fused-ring (bicyclic) bond motifs is 1. The monoisotopic (exact) mass is 372 g/mol. The third-order valence-corrected chi connectivity index (χ3v) is 5.23. The quantitative estimate of drug-likeness (QED) is 0.591. The molecule has 5 heteroatoms. The lowest BCUT2D eigenvalue weighted by Crippen LogP contribution is -2.12. The van der Waals surface area contributed by atoms with E-state index >= 15 is 0 Å². The van der Waals surface area contributed by atoms with Crippen molar-refractivity contribution in [3.63, 3.8) is 0 Å². The molecule has 0 bridgehead atoms. The summed E-state index contributed by atoms with van der Waals surface area (Å²) < 4.78 is 16.6. The Hall–Kier alpha value is -0.610. The maximum Gasteiger partial charge on any atom is 0.139 e. The van der Waals surface area contributed by atoms with Gasteiger partial charge in [-0.25, -0.2) is 9.37 Å². The summed E-state index contributed by atoms with van der Waals surface area (Å²) in [7, 11) is 0. The third-order valence-electron chi connectivity index (χ3n) is 4.42. The molecule has 0 aliphatic heterocycles. The predicted molar refractivity (Wildman–Crippen MR) is 88.3 cm³/mol. The van der Waals surface area contributed by atoms with Gasteiger partial charge in [-0.2, -0.15) is 0 Å². The molecular formula is C16H19BrClFN2. The summed E-state index contributed by atoms with van der Waals surface area (Å²) >= 11 is 9.55. The normalized spacial score (nSPS) is 22.9. The maximum absolute atomic E-state index is 14.0. The van der Waals surface area contributed by atoms with Crippen molar-refractivity contribution in [1.82, 2.24) is 9.55 Å². The molecule has 21 heavy (non-hydrogen) atoms. The summed E-state index contributed by atoms with van der Waals surface area (Å²) in [6, 6.07) is 3.66. The number of nitrogens with zero attached hydrogens (tertiary/aromatic N) is 2. The van der Waals surface area contributed by atoms with Crippen molar-refractivity contribution < 1.29 is 4.39 Å². The molecule has 0 amide bonds. The van der Waals surface area contributed by atoms with Crippen molar-refractivity contribution in [3.05, 3.63) is 28.2 Å². The molecule has 2 unspecified atom stereocenters. The first-order valence-electron chi connectivity index (χ1n) is 7.29. The molecule has 0 saturated heterocycles. The third kappa shape index (κ3) is 2.72. The summed E-state index contributed by atoms with van der Waals surface area (Å²) in [6.07, 6.45) is 3.34. The molecule has 114 valence electrons. The van der Waals surface area contributed by atoms with Gasteiger partial charge in [0.25, 0.3) is 0 Å². The van der Waals surface area contributed by atoms with Gasteiger partial charge in [0.15, 0.2) is 0 Å². The minimum atomic E-state index is -0.255. The van der Waals surface area contributed by atoms with Gasteiger partial charge in [0, 0.05) is 12.1 Å². The largest absolute Gasteiger partial charge is 0.324 e. The highest BCUT2D eigenvalue weighted by Gasteiger charge is 2.34. The molecule has 1 saturated carbocycles. The van der Waals surface area contributed by atoms with Crippen LogP contribution in [-0.4, -0.2) is 9.55 Å². The van der Waals surface area contributed by atoms with Gasteiger partial charge in [0.2, 0.25) is 0 Å². The molecular weight excluding hydrogens is 355 g/mol. The van der Waals surface area contributed by atoms with Crippen LogP contribution >= 0.6 is 27.5 Å². The first kappa shape index (κ1) is 15.3. The van der Waals surface area contributed by atoms with Crippen LogP contribution in [0.4, 0.5) is 4.39 Å². The number of hydrogen-bond donors (Lipinski definition) is 0. The van der Waals surface area contributed by atoms with Crippen LogP contribution in [0.5, 0.6) is 0 Å². The average molecular weight is 374 g/mol. The molecule has 0 N–H and O–H groups in total. The second-order valence-corrected chi connectivity index (χ2v) is 8.28. The van der Waals surface area contributed by atoms with Crippen molar-refractivity contribution >= 4 is 38.6 Å². The molecule has 3 rings (SSSR count). The Labute approximate surface area is 137 Å². The molecule has 2 aromatic rings. The first-order chi connectivity index (χ1) is 9.78. The number of hydrogen-bond acceptors (Lipinski definition) is 1. The molecule has 1 aromatic heterocycles. The van der Waals surface area contributed by atoms with Crippen LogP contribution in [0.2, 0.25) is 0 Å². The van der Waals surface area contributed by atoms with Gasteiger partial charge in [-0.1, -0.05) is 13.8 Å². The number of aromatic nitrogens is 2. The fourth-order valence-corrected chi connectivity index (χ4v) is 3.88. The fraction of sp³-hybridized carbons (Fsp3) is 0.562. The summed E-state index contributed by atoms with van der Waals surface area (Å²) in [5.41, 5.74) is 1.97. The molecule has 1 fully saturated rings. The predicted octanol–water partition coefficient (Wildman–Crippen LogP) is 5.99. The van der Waals surface area contributed by atoms with Gasteiger partial charge in [-0.15, -0.1) is 11.6 Å². The Bertz CT molecular complexity index is 693. The number of halogens is 3. The lowest BCUT2D eigenvalue weighted by Gasteiger charge is -2.21. The average Bonchev–Trinajstić information content (AvgIpc) is 2.90. The van der Waals surface area contributed by atoms with Crippen LogP contribution in [0.15, 0.2) is 16.6 Å². The van der Waals surface area contributed by atoms with E-state index in [0.29, 0.717) is 15.9 Å². The topological polar surface area (TPSA) is 17.8 Å². The van der Waals surface area contributed by atoms with Crippen LogP contribution in [0, 0.1) is 11.2 Å². The van der Waals surface area contributed by atoms with E-state index in [4.69, 9.17) is 11.6 Å². The highest BCUT2D eigenvalue weighted by atomic mass is 79.9. The molecule has 1 aromatic carbocycles. The standard InChI is InChI=1S/C16H19BrClFN2/c1-9(18)15-20-13-6-11(17)12(19)7-14(13)21(15)10-4-5-16(2,3)8-10/h6-7,9-10H,4-5,8H2,1-3H3. The van der Waals surface area contributed by atoms with E-state index in [-0.39, 0.29) is 11.2 Å². The smallest absolute Gasteiger partial charge is 0.139 e. The van der Waals surface area contributed by atoms with Crippen molar-refractivity contribution in [2.24, 2.45) is 5.41 Å². The molecule has 1 aliphatic rings. The number of rotatable bonds is 2. The fourth-order valence-electron chi connectivity index (χ4n) is 3.39. The van der Waals surface area contributed by atoms with Gasteiger partial charge < -0.3 is 4.57 Å². The van der Waals surface area contributed by atoms with Crippen LogP contribution in [0.25, 0.3) is 11.0 Å². The van der Waals surface area contributed by atoms with Crippen molar-refractivity contribution in [3.8, 4) is 0 Å². The van der Waals surface area contributed by atoms with E-state index < -0.39 is 0 Å². The van der Waals surface area contributed by atoms with Crippen LogP contribution < -0.4 is 0 Å². The zero-order valence-corrected chi connectivity index (χ0v) is 14.8. The van der Waals surface area contributed by atoms with E-state index in [1.54, 1.807) is 12.1 Å². The highest BCUT2D eigenvalue weighted by Crippen LogP contribution is 2.46. The lowest BCUT2D eigenvalue weighted by molar-refractivity contribution is 0.358. The molecule has 1 heterocycles. The Balaban J connectivity index is 2.19. The number of alkyl halides is 1. The first-order valence-corrected chi connectivity index (χ1v) is 8.52. The SMILES string of the molecule is CC(Cl)c1nc2cc(Br)c(F)cc2n1C1CCC(C)(C)C1. The molecule has 2 atom stereocenters. The zero-order valence-electron chi connectivity index (χ0n) is 12.5. The summed E-state index contributed by atoms with van der Waals surface area (Å²) in [4.78, 5) is 4.64. The number of imidazole rings is 1. The van der Waals surface area contributed by atoms with Gasteiger partial charge in [0.05, 0.1) is 20.9 Å².